The Hall–Kier alpha value is -1.72. The Kier molecular flexibility index (Phi) is 4.44. The second-order valence-corrected chi connectivity index (χ2v) is 6.17. The number of hydrogen-bond acceptors (Lipinski definition) is 5. The standard InChI is InChI=1S/C16H23N3O2/c1-11-8-6-7-9-13(11)14-17-15(21-18-14)12(2)19(5)10-16(3,4)20/h6-9,12,20H,10H2,1-5H3. The van der Waals surface area contributed by atoms with E-state index in [9.17, 15) is 5.11 Å². The molecule has 0 spiro atoms. The Morgan fingerprint density at radius 3 is 2.62 bits per heavy atom. The number of benzene rings is 1. The fraction of sp³-hybridized carbons (Fsp3) is 0.500. The van der Waals surface area contributed by atoms with Crippen molar-refractivity contribution in [1.82, 2.24) is 15.0 Å². The van der Waals surface area contributed by atoms with Crippen LogP contribution in [0.3, 0.4) is 0 Å². The van der Waals surface area contributed by atoms with Gasteiger partial charge in [0.15, 0.2) is 0 Å². The number of aryl methyl sites for hydroxylation is 1. The van der Waals surface area contributed by atoms with Crippen molar-refractivity contribution in [3.63, 3.8) is 0 Å². The minimum absolute atomic E-state index is 0.0540. The van der Waals surface area contributed by atoms with E-state index in [1.807, 2.05) is 50.1 Å². The van der Waals surface area contributed by atoms with Gasteiger partial charge in [-0.25, -0.2) is 0 Å². The molecule has 1 atom stereocenters. The molecular formula is C16H23N3O2. The van der Waals surface area contributed by atoms with E-state index in [-0.39, 0.29) is 6.04 Å². The second kappa shape index (κ2) is 5.95. The molecule has 1 aromatic carbocycles. The van der Waals surface area contributed by atoms with Crippen LogP contribution < -0.4 is 0 Å². The molecule has 1 heterocycles. The summed E-state index contributed by atoms with van der Waals surface area (Å²) < 4.78 is 5.39. The van der Waals surface area contributed by atoms with Crippen molar-refractivity contribution in [2.45, 2.75) is 39.3 Å². The van der Waals surface area contributed by atoms with Gasteiger partial charge < -0.3 is 9.63 Å². The zero-order valence-corrected chi connectivity index (χ0v) is 13.3. The largest absolute Gasteiger partial charge is 0.389 e. The molecule has 0 bridgehead atoms. The van der Waals surface area contributed by atoms with Crippen molar-refractivity contribution in [2.24, 2.45) is 0 Å². The topological polar surface area (TPSA) is 62.4 Å². The molecule has 21 heavy (non-hydrogen) atoms. The molecule has 0 fully saturated rings. The molecule has 0 aliphatic heterocycles. The Bertz CT molecular complexity index is 602. The number of aliphatic hydroxyl groups is 1. The molecule has 0 amide bonds. The fourth-order valence-corrected chi connectivity index (χ4v) is 2.27. The molecule has 1 aromatic heterocycles. The van der Waals surface area contributed by atoms with Gasteiger partial charge in [0.2, 0.25) is 11.7 Å². The van der Waals surface area contributed by atoms with Crippen molar-refractivity contribution in [3.8, 4) is 11.4 Å². The highest BCUT2D eigenvalue weighted by atomic mass is 16.5. The SMILES string of the molecule is Cc1ccccc1-c1noc(C(C)N(C)CC(C)(C)O)n1. The minimum Gasteiger partial charge on any atom is -0.389 e. The Morgan fingerprint density at radius 1 is 1.33 bits per heavy atom. The smallest absolute Gasteiger partial charge is 0.244 e. The van der Waals surface area contributed by atoms with Gasteiger partial charge in [-0.3, -0.25) is 4.90 Å². The number of hydrogen-bond donors (Lipinski definition) is 1. The molecule has 0 aliphatic rings. The summed E-state index contributed by atoms with van der Waals surface area (Å²) in [5.74, 6) is 1.16. The average molecular weight is 289 g/mol. The van der Waals surface area contributed by atoms with Crippen molar-refractivity contribution in [3.05, 3.63) is 35.7 Å². The van der Waals surface area contributed by atoms with E-state index in [1.54, 1.807) is 13.8 Å². The summed E-state index contributed by atoms with van der Waals surface area (Å²) in [6, 6.07) is 7.90. The van der Waals surface area contributed by atoms with Crippen molar-refractivity contribution < 1.29 is 9.63 Å². The third-order valence-electron chi connectivity index (χ3n) is 3.48. The zero-order valence-electron chi connectivity index (χ0n) is 13.3. The molecule has 1 N–H and O–H groups in total. The lowest BCUT2D eigenvalue weighted by molar-refractivity contribution is 0.0289. The molecule has 2 rings (SSSR count). The summed E-state index contributed by atoms with van der Waals surface area (Å²) in [6.45, 7) is 8.10. The van der Waals surface area contributed by atoms with Crippen molar-refractivity contribution >= 4 is 0 Å². The zero-order chi connectivity index (χ0) is 15.6. The maximum atomic E-state index is 9.90. The lowest BCUT2D eigenvalue weighted by atomic mass is 10.1. The molecule has 0 saturated heterocycles. The van der Waals surface area contributed by atoms with E-state index in [2.05, 4.69) is 10.1 Å². The summed E-state index contributed by atoms with van der Waals surface area (Å²) in [5, 5.41) is 14.0. The maximum absolute atomic E-state index is 9.90. The van der Waals surface area contributed by atoms with Crippen LogP contribution in [0.2, 0.25) is 0 Å². The van der Waals surface area contributed by atoms with E-state index in [0.29, 0.717) is 18.3 Å². The van der Waals surface area contributed by atoms with Crippen molar-refractivity contribution in [2.75, 3.05) is 13.6 Å². The van der Waals surface area contributed by atoms with Crippen molar-refractivity contribution in [1.29, 1.82) is 0 Å². The lowest BCUT2D eigenvalue weighted by Gasteiger charge is -2.28. The van der Waals surface area contributed by atoms with Crippen LogP contribution in [0, 0.1) is 6.92 Å². The minimum atomic E-state index is -0.762. The van der Waals surface area contributed by atoms with E-state index in [0.717, 1.165) is 11.1 Å². The van der Waals surface area contributed by atoms with E-state index in [1.165, 1.54) is 0 Å². The summed E-state index contributed by atoms with van der Waals surface area (Å²) in [6.07, 6.45) is 0. The number of likely N-dealkylation sites (N-methyl/N-ethyl adjacent to an activating group) is 1. The van der Waals surface area contributed by atoms with Gasteiger partial charge in [-0.2, -0.15) is 4.98 Å². The van der Waals surface area contributed by atoms with Gasteiger partial charge in [-0.05, 0) is 40.3 Å². The van der Waals surface area contributed by atoms with Gasteiger partial charge in [0.1, 0.15) is 0 Å². The Morgan fingerprint density at radius 2 is 2.00 bits per heavy atom. The van der Waals surface area contributed by atoms with Gasteiger partial charge in [-0.1, -0.05) is 29.4 Å². The summed E-state index contributed by atoms with van der Waals surface area (Å²) >= 11 is 0. The predicted octanol–water partition coefficient (Wildman–Crippen LogP) is 2.81. The highest BCUT2D eigenvalue weighted by molar-refractivity contribution is 5.58. The van der Waals surface area contributed by atoms with Gasteiger partial charge >= 0.3 is 0 Å². The first-order valence-electron chi connectivity index (χ1n) is 7.10. The van der Waals surface area contributed by atoms with Crippen LogP contribution in [0.1, 0.15) is 38.3 Å². The first-order valence-corrected chi connectivity index (χ1v) is 7.10. The van der Waals surface area contributed by atoms with Gasteiger partial charge in [-0.15, -0.1) is 0 Å². The molecule has 1 unspecified atom stereocenters. The van der Waals surface area contributed by atoms with Crippen LogP contribution in [-0.4, -0.2) is 39.3 Å². The number of aromatic nitrogens is 2. The van der Waals surface area contributed by atoms with E-state index in [4.69, 9.17) is 4.52 Å². The predicted molar refractivity (Wildman–Crippen MR) is 81.8 cm³/mol. The maximum Gasteiger partial charge on any atom is 0.244 e. The summed E-state index contributed by atoms with van der Waals surface area (Å²) in [4.78, 5) is 6.49. The Balaban J connectivity index is 2.18. The van der Waals surface area contributed by atoms with Gasteiger partial charge in [0.05, 0.1) is 11.6 Å². The molecule has 5 heteroatoms. The quantitative estimate of drug-likeness (QED) is 0.917. The van der Waals surface area contributed by atoms with Crippen LogP contribution in [0.4, 0.5) is 0 Å². The highest BCUT2D eigenvalue weighted by Gasteiger charge is 2.24. The average Bonchev–Trinajstić information content (AvgIpc) is 2.85. The summed E-state index contributed by atoms with van der Waals surface area (Å²) in [7, 11) is 1.93. The number of rotatable bonds is 5. The normalized spacial score (nSPS) is 13.7. The van der Waals surface area contributed by atoms with E-state index >= 15 is 0 Å². The molecule has 5 nitrogen and oxygen atoms in total. The van der Waals surface area contributed by atoms with Crippen LogP contribution in [0.25, 0.3) is 11.4 Å². The third kappa shape index (κ3) is 3.89. The molecular weight excluding hydrogens is 266 g/mol. The lowest BCUT2D eigenvalue weighted by Crippen LogP contribution is -2.37. The summed E-state index contributed by atoms with van der Waals surface area (Å²) in [5.41, 5.74) is 1.33. The molecule has 114 valence electrons. The Labute approximate surface area is 125 Å². The van der Waals surface area contributed by atoms with E-state index < -0.39 is 5.60 Å². The second-order valence-electron chi connectivity index (χ2n) is 6.17. The fourth-order valence-electron chi connectivity index (χ4n) is 2.27. The van der Waals surface area contributed by atoms with Crippen LogP contribution in [-0.2, 0) is 0 Å². The molecule has 0 aliphatic carbocycles. The van der Waals surface area contributed by atoms with Gasteiger partial charge in [0.25, 0.3) is 0 Å². The monoisotopic (exact) mass is 289 g/mol. The van der Waals surface area contributed by atoms with Crippen LogP contribution in [0.15, 0.2) is 28.8 Å². The van der Waals surface area contributed by atoms with Gasteiger partial charge in [0, 0.05) is 12.1 Å². The molecule has 0 radical (unpaired) electrons. The molecule has 2 aromatic rings. The first-order chi connectivity index (χ1) is 9.78. The highest BCUT2D eigenvalue weighted by Crippen LogP contribution is 2.24. The molecule has 0 saturated carbocycles. The van der Waals surface area contributed by atoms with Crippen LogP contribution >= 0.6 is 0 Å². The number of nitrogens with zero attached hydrogens (tertiary/aromatic N) is 3. The third-order valence-corrected chi connectivity index (χ3v) is 3.48. The first kappa shape index (κ1) is 15.7. The van der Waals surface area contributed by atoms with Crippen LogP contribution in [0.5, 0.6) is 0 Å².